The molecule has 0 aliphatic rings. The Morgan fingerprint density at radius 1 is 0.720 bits per heavy atom. The zero-order valence-electron chi connectivity index (χ0n) is 25.6. The highest BCUT2D eigenvalue weighted by atomic mass is 35.5. The molecule has 0 aromatic heterocycles. The SMILES string of the molecule is O=C(Nc1ccc(SC(C(=O)Nc2cc(C(F)(F)F)ccc2Cl)c2ccccc2)cc1)/C(=C/c1ccc(Cl)cc1Cl)NC(=O)c1ccccc1. The summed E-state index contributed by atoms with van der Waals surface area (Å²) in [6, 6.07) is 31.0. The molecule has 0 saturated carbocycles. The van der Waals surface area contributed by atoms with E-state index in [0.717, 1.165) is 30.0 Å². The van der Waals surface area contributed by atoms with Crippen molar-refractivity contribution in [1.29, 1.82) is 0 Å². The maximum atomic E-state index is 13.5. The minimum absolute atomic E-state index is 0.0463. The molecule has 0 heterocycles. The van der Waals surface area contributed by atoms with Gasteiger partial charge in [-0.05, 0) is 83.9 Å². The van der Waals surface area contributed by atoms with Crippen LogP contribution in [0.1, 0.15) is 32.3 Å². The van der Waals surface area contributed by atoms with E-state index in [4.69, 9.17) is 34.8 Å². The second-order valence-electron chi connectivity index (χ2n) is 10.6. The van der Waals surface area contributed by atoms with Gasteiger partial charge >= 0.3 is 6.18 Å². The second kappa shape index (κ2) is 16.3. The molecule has 0 aliphatic heterocycles. The Balaban J connectivity index is 1.35. The smallest absolute Gasteiger partial charge is 0.323 e. The van der Waals surface area contributed by atoms with E-state index >= 15 is 0 Å². The number of anilines is 2. The van der Waals surface area contributed by atoms with Gasteiger partial charge in [0.2, 0.25) is 5.91 Å². The minimum Gasteiger partial charge on any atom is -0.323 e. The summed E-state index contributed by atoms with van der Waals surface area (Å²) in [5.74, 6) is -1.75. The zero-order valence-corrected chi connectivity index (χ0v) is 28.7. The fourth-order valence-electron chi connectivity index (χ4n) is 4.56. The van der Waals surface area contributed by atoms with E-state index in [2.05, 4.69) is 16.0 Å². The summed E-state index contributed by atoms with van der Waals surface area (Å²) in [6.07, 6.45) is -3.19. The molecule has 3 amide bonds. The Morgan fingerprint density at radius 3 is 2.02 bits per heavy atom. The minimum atomic E-state index is -4.62. The first-order valence-electron chi connectivity index (χ1n) is 14.7. The molecule has 0 fully saturated rings. The lowest BCUT2D eigenvalue weighted by molar-refractivity contribution is -0.137. The highest BCUT2D eigenvalue weighted by Gasteiger charge is 2.32. The molecule has 0 bridgehead atoms. The second-order valence-corrected chi connectivity index (χ2v) is 13.0. The van der Waals surface area contributed by atoms with Gasteiger partial charge < -0.3 is 16.0 Å². The predicted molar refractivity (Wildman–Crippen MR) is 194 cm³/mol. The van der Waals surface area contributed by atoms with Crippen LogP contribution in [0.15, 0.2) is 132 Å². The van der Waals surface area contributed by atoms with Gasteiger partial charge in [0.15, 0.2) is 0 Å². The van der Waals surface area contributed by atoms with Gasteiger partial charge in [0.1, 0.15) is 10.9 Å². The topological polar surface area (TPSA) is 87.3 Å². The van der Waals surface area contributed by atoms with E-state index in [1.807, 2.05) is 0 Å². The third-order valence-electron chi connectivity index (χ3n) is 7.05. The Labute approximate surface area is 304 Å². The Kier molecular flexibility index (Phi) is 11.9. The summed E-state index contributed by atoms with van der Waals surface area (Å²) in [7, 11) is 0. The van der Waals surface area contributed by atoms with E-state index in [0.29, 0.717) is 32.3 Å². The summed E-state index contributed by atoms with van der Waals surface area (Å²) >= 11 is 19.6. The Hall–Kier alpha value is -4.74. The molecule has 1 unspecified atom stereocenters. The highest BCUT2D eigenvalue weighted by Crippen LogP contribution is 2.39. The normalized spacial score (nSPS) is 12.2. The lowest BCUT2D eigenvalue weighted by atomic mass is 10.1. The highest BCUT2D eigenvalue weighted by molar-refractivity contribution is 8.00. The van der Waals surface area contributed by atoms with Crippen molar-refractivity contribution in [3.63, 3.8) is 0 Å². The molecule has 5 aromatic rings. The van der Waals surface area contributed by atoms with Crippen molar-refractivity contribution in [3.8, 4) is 0 Å². The molecule has 0 saturated heterocycles. The van der Waals surface area contributed by atoms with Gasteiger partial charge in [-0.1, -0.05) is 89.4 Å². The summed E-state index contributed by atoms with van der Waals surface area (Å²) in [4.78, 5) is 40.6. The zero-order chi connectivity index (χ0) is 35.8. The number of carbonyl (C=O) groups is 3. The van der Waals surface area contributed by atoms with Crippen LogP contribution in [-0.2, 0) is 15.8 Å². The molecule has 6 nitrogen and oxygen atoms in total. The van der Waals surface area contributed by atoms with Crippen molar-refractivity contribution in [3.05, 3.63) is 164 Å². The predicted octanol–water partition coefficient (Wildman–Crippen LogP) is 10.5. The number of hydrogen-bond acceptors (Lipinski definition) is 4. The maximum absolute atomic E-state index is 13.5. The van der Waals surface area contributed by atoms with Gasteiger partial charge in [-0.15, -0.1) is 11.8 Å². The lowest BCUT2D eigenvalue weighted by Crippen LogP contribution is -2.30. The summed E-state index contributed by atoms with van der Waals surface area (Å²) in [5, 5.41) is 7.68. The summed E-state index contributed by atoms with van der Waals surface area (Å²) < 4.78 is 40.0. The van der Waals surface area contributed by atoms with Crippen LogP contribution in [0.2, 0.25) is 15.1 Å². The molecule has 50 heavy (non-hydrogen) atoms. The third-order valence-corrected chi connectivity index (χ3v) is 9.21. The summed E-state index contributed by atoms with van der Waals surface area (Å²) in [6.45, 7) is 0. The fraction of sp³-hybridized carbons (Fsp3) is 0.0541. The van der Waals surface area contributed by atoms with E-state index in [9.17, 15) is 27.6 Å². The summed E-state index contributed by atoms with van der Waals surface area (Å²) in [5.41, 5.74) is 0.538. The number of alkyl halides is 3. The maximum Gasteiger partial charge on any atom is 0.416 e. The first-order chi connectivity index (χ1) is 23.9. The van der Waals surface area contributed by atoms with Crippen LogP contribution in [0.4, 0.5) is 24.5 Å². The molecule has 1 atom stereocenters. The van der Waals surface area contributed by atoms with E-state index < -0.39 is 34.7 Å². The van der Waals surface area contributed by atoms with Crippen molar-refractivity contribution in [2.75, 3.05) is 10.6 Å². The number of halogens is 6. The van der Waals surface area contributed by atoms with Crippen LogP contribution < -0.4 is 16.0 Å². The van der Waals surface area contributed by atoms with E-state index in [1.54, 1.807) is 97.1 Å². The standard InChI is InChI=1S/C37H25Cl3F3N3O3S/c38-26-13-11-24(30(40)21-26)19-32(46-34(47)23-9-5-2-6-10-23)35(48)44-27-14-16-28(17-15-27)50-33(22-7-3-1-4-8-22)36(49)45-31-20-25(37(41,42)43)12-18-29(31)39/h1-21,33H,(H,44,48)(H,45,49)(H,46,47)/b32-19-. The van der Waals surface area contributed by atoms with Gasteiger partial charge in [0.25, 0.3) is 11.8 Å². The number of carbonyl (C=O) groups excluding carboxylic acids is 3. The van der Waals surface area contributed by atoms with Crippen molar-refractivity contribution in [2.24, 2.45) is 0 Å². The third kappa shape index (κ3) is 9.70. The molecular formula is C37H25Cl3F3N3O3S. The van der Waals surface area contributed by atoms with Gasteiger partial charge in [-0.2, -0.15) is 13.2 Å². The fourth-order valence-corrected chi connectivity index (χ4v) is 6.22. The molecule has 5 rings (SSSR count). The van der Waals surface area contributed by atoms with Crippen LogP contribution in [0.25, 0.3) is 6.08 Å². The van der Waals surface area contributed by atoms with Crippen LogP contribution >= 0.6 is 46.6 Å². The van der Waals surface area contributed by atoms with Crippen LogP contribution in [-0.4, -0.2) is 17.7 Å². The van der Waals surface area contributed by atoms with Gasteiger partial charge in [0, 0.05) is 26.2 Å². The number of hydrogen-bond donors (Lipinski definition) is 3. The molecule has 0 aliphatic carbocycles. The number of thioether (sulfide) groups is 1. The lowest BCUT2D eigenvalue weighted by Gasteiger charge is -2.19. The number of amides is 3. The molecular weight excluding hydrogens is 730 g/mol. The Morgan fingerprint density at radius 2 is 1.38 bits per heavy atom. The largest absolute Gasteiger partial charge is 0.416 e. The van der Waals surface area contributed by atoms with Crippen LogP contribution in [0, 0.1) is 0 Å². The molecule has 3 N–H and O–H groups in total. The number of nitrogens with one attached hydrogen (secondary N) is 3. The van der Waals surface area contributed by atoms with Gasteiger partial charge in [0.05, 0.1) is 16.3 Å². The molecule has 0 spiro atoms. The molecule has 254 valence electrons. The quantitative estimate of drug-likeness (QED) is 0.0979. The number of benzene rings is 5. The van der Waals surface area contributed by atoms with Crippen molar-refractivity contribution in [2.45, 2.75) is 16.3 Å². The van der Waals surface area contributed by atoms with Gasteiger partial charge in [-0.25, -0.2) is 0 Å². The average molecular weight is 755 g/mol. The first-order valence-corrected chi connectivity index (χ1v) is 16.7. The number of rotatable bonds is 10. The Bertz CT molecular complexity index is 2050. The van der Waals surface area contributed by atoms with Gasteiger partial charge in [-0.3, -0.25) is 14.4 Å². The molecule has 13 heteroatoms. The van der Waals surface area contributed by atoms with Crippen LogP contribution in [0.3, 0.4) is 0 Å². The first kappa shape index (κ1) is 36.5. The van der Waals surface area contributed by atoms with Crippen molar-refractivity contribution < 1.29 is 27.6 Å². The van der Waals surface area contributed by atoms with Crippen molar-refractivity contribution >= 4 is 81.7 Å². The van der Waals surface area contributed by atoms with Crippen LogP contribution in [0.5, 0.6) is 0 Å². The monoisotopic (exact) mass is 753 g/mol. The molecule has 0 radical (unpaired) electrons. The molecule has 5 aromatic carbocycles. The van der Waals surface area contributed by atoms with E-state index in [1.165, 1.54) is 12.1 Å². The van der Waals surface area contributed by atoms with Crippen molar-refractivity contribution in [1.82, 2.24) is 5.32 Å². The van der Waals surface area contributed by atoms with E-state index in [-0.39, 0.29) is 21.4 Å². The average Bonchev–Trinajstić information content (AvgIpc) is 3.09.